The van der Waals surface area contributed by atoms with E-state index in [-0.39, 0.29) is 32.4 Å². The number of nitro groups is 1. The predicted octanol–water partition coefficient (Wildman–Crippen LogP) is 6.07. The van der Waals surface area contributed by atoms with Crippen molar-refractivity contribution in [2.45, 2.75) is 32.7 Å². The van der Waals surface area contributed by atoms with Crippen molar-refractivity contribution < 1.29 is 28.3 Å². The molecule has 0 bridgehead atoms. The molecule has 3 heterocycles. The van der Waals surface area contributed by atoms with Crippen molar-refractivity contribution in [1.29, 1.82) is 0 Å². The second-order valence-corrected chi connectivity index (χ2v) is 11.6. The third-order valence-corrected chi connectivity index (χ3v) is 8.62. The lowest BCUT2D eigenvalue weighted by Crippen LogP contribution is -2.40. The van der Waals surface area contributed by atoms with Crippen LogP contribution < -0.4 is 24.4 Å². The molecular formula is C31H27Cl2N3O8S. The number of benzene rings is 2. The highest BCUT2D eigenvalue weighted by Crippen LogP contribution is 2.39. The number of hydrogen-bond donors (Lipinski definition) is 0. The molecule has 45 heavy (non-hydrogen) atoms. The van der Waals surface area contributed by atoms with Gasteiger partial charge in [-0.2, -0.15) is 0 Å². The summed E-state index contributed by atoms with van der Waals surface area (Å²) < 4.78 is 24.3. The Labute approximate surface area is 270 Å². The molecule has 2 aromatic carbocycles. The number of hydrogen-bond acceptors (Lipinski definition) is 10. The Kier molecular flexibility index (Phi) is 9.47. The van der Waals surface area contributed by atoms with E-state index in [1.54, 1.807) is 43.3 Å². The molecule has 0 unspecified atom stereocenters. The Hall–Kier alpha value is -4.39. The maximum atomic E-state index is 14.1. The van der Waals surface area contributed by atoms with Gasteiger partial charge in [0.2, 0.25) is 0 Å². The number of allylic oxidation sites excluding steroid dienone is 1. The number of ether oxygens (including phenoxy) is 3. The third kappa shape index (κ3) is 6.13. The van der Waals surface area contributed by atoms with Crippen LogP contribution in [0.1, 0.15) is 44.1 Å². The van der Waals surface area contributed by atoms with Gasteiger partial charge in [0.15, 0.2) is 4.80 Å². The van der Waals surface area contributed by atoms with Gasteiger partial charge >= 0.3 is 5.97 Å². The normalized spacial score (nSPS) is 14.6. The highest BCUT2D eigenvalue weighted by atomic mass is 35.5. The summed E-state index contributed by atoms with van der Waals surface area (Å²) in [6, 6.07) is 10.0. The van der Waals surface area contributed by atoms with Gasteiger partial charge in [0, 0.05) is 23.3 Å². The highest BCUT2D eigenvalue weighted by molar-refractivity contribution is 7.07. The molecule has 0 radical (unpaired) electrons. The molecule has 1 aliphatic rings. The molecule has 11 nitrogen and oxygen atoms in total. The van der Waals surface area contributed by atoms with Crippen molar-refractivity contribution >= 4 is 52.3 Å². The van der Waals surface area contributed by atoms with E-state index < -0.39 is 22.5 Å². The Balaban J connectivity index is 1.70. The van der Waals surface area contributed by atoms with Crippen molar-refractivity contribution in [2.75, 3.05) is 20.8 Å². The molecule has 5 rings (SSSR count). The minimum absolute atomic E-state index is 0.0774. The second kappa shape index (κ2) is 13.3. The average molecular weight is 673 g/mol. The zero-order valence-corrected chi connectivity index (χ0v) is 26.9. The van der Waals surface area contributed by atoms with Crippen LogP contribution in [0.2, 0.25) is 10.0 Å². The summed E-state index contributed by atoms with van der Waals surface area (Å²) in [6.45, 7) is 3.82. The molecular weight excluding hydrogens is 645 g/mol. The summed E-state index contributed by atoms with van der Waals surface area (Å²) in [6.07, 6.45) is 2.73. The number of halogens is 2. The summed E-state index contributed by atoms with van der Waals surface area (Å²) in [4.78, 5) is 43.3. The number of thiazole rings is 1. The van der Waals surface area contributed by atoms with E-state index in [9.17, 15) is 19.7 Å². The van der Waals surface area contributed by atoms with Gasteiger partial charge in [-0.05, 0) is 49.7 Å². The van der Waals surface area contributed by atoms with E-state index in [1.165, 1.54) is 24.9 Å². The molecule has 0 spiro atoms. The van der Waals surface area contributed by atoms with Crippen molar-refractivity contribution in [3.63, 3.8) is 0 Å². The molecule has 4 aromatic rings. The van der Waals surface area contributed by atoms with E-state index in [0.717, 1.165) is 17.4 Å². The van der Waals surface area contributed by atoms with E-state index in [0.29, 0.717) is 57.5 Å². The van der Waals surface area contributed by atoms with Gasteiger partial charge in [-0.15, -0.1) is 0 Å². The Morgan fingerprint density at radius 1 is 1.13 bits per heavy atom. The number of rotatable bonds is 10. The lowest BCUT2D eigenvalue weighted by atomic mass is 9.93. The van der Waals surface area contributed by atoms with Crippen LogP contribution in [0, 0.1) is 10.1 Å². The lowest BCUT2D eigenvalue weighted by molar-refractivity contribution is -0.384. The fourth-order valence-corrected chi connectivity index (χ4v) is 6.52. The maximum absolute atomic E-state index is 14.1. The van der Waals surface area contributed by atoms with Crippen LogP contribution in [0.4, 0.5) is 5.69 Å². The molecule has 234 valence electrons. The van der Waals surface area contributed by atoms with E-state index in [2.05, 4.69) is 0 Å². The molecule has 0 N–H and O–H groups in total. The van der Waals surface area contributed by atoms with Gasteiger partial charge < -0.3 is 18.6 Å². The maximum Gasteiger partial charge on any atom is 0.338 e. The zero-order chi connectivity index (χ0) is 32.4. The van der Waals surface area contributed by atoms with Crippen molar-refractivity contribution in [3.8, 4) is 22.8 Å². The Morgan fingerprint density at radius 3 is 2.58 bits per heavy atom. The summed E-state index contributed by atoms with van der Waals surface area (Å²) in [5.74, 6) is 0.991. The molecule has 0 saturated heterocycles. The van der Waals surface area contributed by atoms with Gasteiger partial charge in [0.25, 0.3) is 11.2 Å². The number of furan rings is 1. The van der Waals surface area contributed by atoms with Gasteiger partial charge in [-0.1, -0.05) is 47.9 Å². The molecule has 0 saturated carbocycles. The van der Waals surface area contributed by atoms with E-state index in [4.69, 9.17) is 46.8 Å². The molecule has 1 atom stereocenters. The van der Waals surface area contributed by atoms with Crippen LogP contribution in [0.5, 0.6) is 11.5 Å². The fraction of sp³-hybridized carbons (Fsp3) is 0.258. The van der Waals surface area contributed by atoms with Crippen LogP contribution in [-0.4, -0.2) is 36.3 Å². The second-order valence-electron chi connectivity index (χ2n) is 9.76. The number of nitro benzene ring substituents is 1. The predicted molar refractivity (Wildman–Crippen MR) is 170 cm³/mol. The lowest BCUT2D eigenvalue weighted by Gasteiger charge is -2.27. The fourth-order valence-electron chi connectivity index (χ4n) is 5.04. The Bertz CT molecular complexity index is 2030. The first-order chi connectivity index (χ1) is 21.6. The van der Waals surface area contributed by atoms with Crippen LogP contribution in [0.25, 0.3) is 17.4 Å². The van der Waals surface area contributed by atoms with Crippen LogP contribution in [0.3, 0.4) is 0 Å². The van der Waals surface area contributed by atoms with Crippen molar-refractivity contribution in [3.05, 3.63) is 105 Å². The number of esters is 1. The summed E-state index contributed by atoms with van der Waals surface area (Å²) in [7, 11) is 3.03. The molecule has 0 aliphatic carbocycles. The smallest absolute Gasteiger partial charge is 0.338 e. The van der Waals surface area contributed by atoms with E-state index in [1.807, 2.05) is 6.92 Å². The van der Waals surface area contributed by atoms with Crippen LogP contribution in [-0.2, 0) is 9.53 Å². The van der Waals surface area contributed by atoms with Crippen molar-refractivity contribution in [2.24, 2.45) is 4.99 Å². The quantitative estimate of drug-likeness (QED) is 0.113. The standard InChI is InChI=1S/C31H27Cl2N3O8S/c1-5-7-22-27(30(38)43-6-2)28(19-12-16(41-3)8-10-24(19)42-4)35-29(37)26(45-31(35)34-22)13-17-9-11-25(44-17)18-14-21(33)23(36(39)40)15-20(18)32/h8-15,28H,5-7H2,1-4H3/b26-13+/t28-/m0/s1. The highest BCUT2D eigenvalue weighted by Gasteiger charge is 2.36. The van der Waals surface area contributed by atoms with Gasteiger partial charge in [0.05, 0.1) is 46.6 Å². The third-order valence-electron chi connectivity index (χ3n) is 7.02. The van der Waals surface area contributed by atoms with Crippen LogP contribution >= 0.6 is 34.5 Å². The first kappa shape index (κ1) is 32.0. The molecule has 0 fully saturated rings. The number of nitrogens with zero attached hydrogens (tertiary/aromatic N) is 3. The summed E-state index contributed by atoms with van der Waals surface area (Å²) >= 11 is 13.5. The summed E-state index contributed by atoms with van der Waals surface area (Å²) in [5.41, 5.74) is 0.895. The largest absolute Gasteiger partial charge is 0.497 e. The van der Waals surface area contributed by atoms with Gasteiger partial charge in [0.1, 0.15) is 34.1 Å². The van der Waals surface area contributed by atoms with E-state index >= 15 is 0 Å². The zero-order valence-electron chi connectivity index (χ0n) is 24.6. The monoisotopic (exact) mass is 671 g/mol. The molecule has 1 aliphatic heterocycles. The first-order valence-electron chi connectivity index (χ1n) is 13.8. The average Bonchev–Trinajstić information content (AvgIpc) is 3.61. The number of carbonyl (C=O) groups excluding carboxylic acids is 1. The van der Waals surface area contributed by atoms with Gasteiger partial charge in [-0.25, -0.2) is 9.79 Å². The molecule has 0 amide bonds. The summed E-state index contributed by atoms with van der Waals surface area (Å²) in [5, 5.41) is 11.2. The number of fused-ring (bicyclic) bond motifs is 1. The number of carbonyl (C=O) groups is 1. The van der Waals surface area contributed by atoms with Crippen LogP contribution in [0.15, 0.2) is 67.9 Å². The number of aromatic nitrogens is 1. The number of methoxy groups -OCH3 is 2. The molecule has 2 aromatic heterocycles. The van der Waals surface area contributed by atoms with Gasteiger partial charge in [-0.3, -0.25) is 19.5 Å². The SMILES string of the molecule is CCCC1=C(C(=O)OCC)[C@H](c2cc(OC)ccc2OC)n2c(s/c(=C/c3ccc(-c4cc(Cl)c([N+](=O)[O-])cc4Cl)o3)c2=O)=N1. The Morgan fingerprint density at radius 2 is 1.91 bits per heavy atom. The first-order valence-corrected chi connectivity index (χ1v) is 15.4. The minimum atomic E-state index is -0.915. The minimum Gasteiger partial charge on any atom is -0.497 e. The topological polar surface area (TPSA) is 135 Å². The van der Waals surface area contributed by atoms with Crippen molar-refractivity contribution in [1.82, 2.24) is 4.57 Å². The molecule has 14 heteroatoms.